The minimum atomic E-state index is -0.496. The summed E-state index contributed by atoms with van der Waals surface area (Å²) < 4.78 is 5.66. The number of thiophene rings is 1. The molecular formula is C21H27ClN2O3S. The van der Waals surface area contributed by atoms with Gasteiger partial charge in [0.2, 0.25) is 5.91 Å². The molecule has 0 unspecified atom stereocenters. The zero-order chi connectivity index (χ0) is 20.7. The Morgan fingerprint density at radius 3 is 2.50 bits per heavy atom. The van der Waals surface area contributed by atoms with Crippen molar-refractivity contribution in [3.63, 3.8) is 0 Å². The topological polar surface area (TPSA) is 67.4 Å². The third kappa shape index (κ3) is 6.06. The fraction of sp³-hybridized carbons (Fsp3) is 0.429. The zero-order valence-electron chi connectivity index (χ0n) is 16.7. The average Bonchev–Trinajstić information content (AvgIpc) is 2.95. The molecule has 0 saturated carbocycles. The standard InChI is InChI=1S/C21H27ClN2O3S/c1-5-27-21(26)18-17(15-8-6-14(4)7-9-15)19(22)28-20(18)24-16(25)12-23-11-10-13(2)3/h6-9,13,23H,5,10-12H2,1-4H3,(H,24,25). The molecule has 0 aliphatic rings. The van der Waals surface area contributed by atoms with Crippen molar-refractivity contribution in [3.8, 4) is 11.1 Å². The molecule has 0 aliphatic heterocycles. The number of anilines is 1. The monoisotopic (exact) mass is 422 g/mol. The zero-order valence-corrected chi connectivity index (χ0v) is 18.3. The summed E-state index contributed by atoms with van der Waals surface area (Å²) in [5.74, 6) is -0.147. The van der Waals surface area contributed by atoms with E-state index < -0.39 is 5.97 Å². The highest BCUT2D eigenvalue weighted by atomic mass is 35.5. The highest BCUT2D eigenvalue weighted by molar-refractivity contribution is 7.21. The first kappa shape index (κ1) is 22.4. The summed E-state index contributed by atoms with van der Waals surface area (Å²) in [6, 6.07) is 7.72. The van der Waals surface area contributed by atoms with Gasteiger partial charge in [-0.2, -0.15) is 0 Å². The van der Waals surface area contributed by atoms with Crippen LogP contribution >= 0.6 is 22.9 Å². The van der Waals surface area contributed by atoms with Crippen LogP contribution < -0.4 is 10.6 Å². The first-order valence-corrected chi connectivity index (χ1v) is 10.6. The van der Waals surface area contributed by atoms with Crippen LogP contribution in [0, 0.1) is 12.8 Å². The van der Waals surface area contributed by atoms with E-state index in [2.05, 4.69) is 24.5 Å². The Balaban J connectivity index is 2.26. The Bertz CT molecular complexity index is 816. The molecule has 2 N–H and O–H groups in total. The smallest absolute Gasteiger partial charge is 0.341 e. The van der Waals surface area contributed by atoms with Gasteiger partial charge >= 0.3 is 5.97 Å². The van der Waals surface area contributed by atoms with Gasteiger partial charge in [0, 0.05) is 5.56 Å². The van der Waals surface area contributed by atoms with Crippen LogP contribution in [0.5, 0.6) is 0 Å². The lowest BCUT2D eigenvalue weighted by Crippen LogP contribution is -2.29. The number of benzene rings is 1. The predicted molar refractivity (Wildman–Crippen MR) is 116 cm³/mol. The molecule has 0 bridgehead atoms. The summed E-state index contributed by atoms with van der Waals surface area (Å²) in [4.78, 5) is 24.9. The molecule has 2 aromatic rings. The van der Waals surface area contributed by atoms with E-state index in [1.165, 1.54) is 11.3 Å². The lowest BCUT2D eigenvalue weighted by atomic mass is 10.0. The van der Waals surface area contributed by atoms with Gasteiger partial charge in [-0.25, -0.2) is 4.79 Å². The van der Waals surface area contributed by atoms with E-state index in [1.54, 1.807) is 6.92 Å². The van der Waals surface area contributed by atoms with Crippen LogP contribution in [0.2, 0.25) is 4.34 Å². The van der Waals surface area contributed by atoms with Crippen molar-refractivity contribution in [1.29, 1.82) is 0 Å². The van der Waals surface area contributed by atoms with Gasteiger partial charge in [-0.1, -0.05) is 55.3 Å². The van der Waals surface area contributed by atoms with Crippen LogP contribution in [0.3, 0.4) is 0 Å². The van der Waals surface area contributed by atoms with Crippen molar-refractivity contribution in [2.24, 2.45) is 5.92 Å². The lowest BCUT2D eigenvalue weighted by Gasteiger charge is -2.10. The van der Waals surface area contributed by atoms with Gasteiger partial charge in [0.05, 0.1) is 13.2 Å². The molecule has 1 amide bonds. The van der Waals surface area contributed by atoms with E-state index in [0.717, 1.165) is 24.1 Å². The summed E-state index contributed by atoms with van der Waals surface area (Å²) in [5.41, 5.74) is 2.81. The van der Waals surface area contributed by atoms with E-state index in [1.807, 2.05) is 31.2 Å². The molecule has 0 atom stereocenters. The van der Waals surface area contributed by atoms with Crippen molar-refractivity contribution in [2.45, 2.75) is 34.1 Å². The maximum absolute atomic E-state index is 12.6. The van der Waals surface area contributed by atoms with Gasteiger partial charge < -0.3 is 15.4 Å². The molecule has 0 aliphatic carbocycles. The first-order valence-electron chi connectivity index (χ1n) is 9.40. The molecule has 1 aromatic heterocycles. The van der Waals surface area contributed by atoms with Gasteiger partial charge in [0.1, 0.15) is 14.9 Å². The minimum Gasteiger partial charge on any atom is -0.462 e. The number of aryl methyl sites for hydroxylation is 1. The second-order valence-corrected chi connectivity index (χ2v) is 8.57. The Kier molecular flexibility index (Phi) is 8.48. The van der Waals surface area contributed by atoms with Crippen molar-refractivity contribution in [3.05, 3.63) is 39.7 Å². The molecule has 0 radical (unpaired) electrons. The van der Waals surface area contributed by atoms with Crippen molar-refractivity contribution < 1.29 is 14.3 Å². The molecule has 0 fully saturated rings. The lowest BCUT2D eigenvalue weighted by molar-refractivity contribution is -0.115. The van der Waals surface area contributed by atoms with E-state index in [0.29, 0.717) is 26.4 Å². The van der Waals surface area contributed by atoms with Crippen molar-refractivity contribution in [1.82, 2.24) is 5.32 Å². The van der Waals surface area contributed by atoms with E-state index >= 15 is 0 Å². The van der Waals surface area contributed by atoms with E-state index in [4.69, 9.17) is 16.3 Å². The second-order valence-electron chi connectivity index (χ2n) is 6.95. The third-order valence-corrected chi connectivity index (χ3v) is 5.44. The number of amides is 1. The molecule has 7 heteroatoms. The summed E-state index contributed by atoms with van der Waals surface area (Å²) in [7, 11) is 0. The molecule has 1 aromatic carbocycles. The van der Waals surface area contributed by atoms with Crippen LogP contribution in [0.25, 0.3) is 11.1 Å². The number of nitrogens with one attached hydrogen (secondary N) is 2. The number of hydrogen-bond acceptors (Lipinski definition) is 5. The molecule has 28 heavy (non-hydrogen) atoms. The predicted octanol–water partition coefficient (Wildman–Crippen LogP) is 5.13. The number of hydrogen-bond donors (Lipinski definition) is 2. The third-order valence-electron chi connectivity index (χ3n) is 4.12. The van der Waals surface area contributed by atoms with Gasteiger partial charge in [0.25, 0.3) is 0 Å². The fourth-order valence-corrected chi connectivity index (χ4v) is 4.02. The van der Waals surface area contributed by atoms with Gasteiger partial charge in [0.15, 0.2) is 0 Å². The van der Waals surface area contributed by atoms with Gasteiger partial charge in [-0.3, -0.25) is 4.79 Å². The number of esters is 1. The number of ether oxygens (including phenoxy) is 1. The normalized spacial score (nSPS) is 10.9. The number of carbonyl (C=O) groups excluding carboxylic acids is 2. The van der Waals surface area contributed by atoms with E-state index in [9.17, 15) is 9.59 Å². The van der Waals surface area contributed by atoms with Crippen molar-refractivity contribution >= 4 is 39.8 Å². The first-order chi connectivity index (χ1) is 13.3. The highest BCUT2D eigenvalue weighted by Gasteiger charge is 2.26. The molecule has 152 valence electrons. The van der Waals surface area contributed by atoms with Crippen LogP contribution in [-0.2, 0) is 9.53 Å². The van der Waals surface area contributed by atoms with E-state index in [-0.39, 0.29) is 19.1 Å². The van der Waals surface area contributed by atoms with Crippen LogP contribution in [0.15, 0.2) is 24.3 Å². The molecule has 0 saturated heterocycles. The maximum Gasteiger partial charge on any atom is 0.341 e. The Morgan fingerprint density at radius 2 is 1.89 bits per heavy atom. The Hall–Kier alpha value is -1.89. The molecular weight excluding hydrogens is 396 g/mol. The molecule has 5 nitrogen and oxygen atoms in total. The van der Waals surface area contributed by atoms with Gasteiger partial charge in [-0.15, -0.1) is 11.3 Å². The summed E-state index contributed by atoms with van der Waals surface area (Å²) in [5, 5.41) is 6.34. The number of carbonyl (C=O) groups is 2. The van der Waals surface area contributed by atoms with Gasteiger partial charge in [-0.05, 0) is 38.3 Å². The quantitative estimate of drug-likeness (QED) is 0.434. The molecule has 0 spiro atoms. The minimum absolute atomic E-state index is 0.171. The average molecular weight is 423 g/mol. The Labute approximate surface area is 175 Å². The summed E-state index contributed by atoms with van der Waals surface area (Å²) in [6.45, 7) is 9.17. The molecule has 2 rings (SSSR count). The second kappa shape index (κ2) is 10.6. The largest absolute Gasteiger partial charge is 0.462 e. The van der Waals surface area contributed by atoms with Crippen LogP contribution in [0.4, 0.5) is 5.00 Å². The van der Waals surface area contributed by atoms with Crippen LogP contribution in [0.1, 0.15) is 43.1 Å². The summed E-state index contributed by atoms with van der Waals surface area (Å²) in [6.07, 6.45) is 0.990. The van der Waals surface area contributed by atoms with Crippen LogP contribution in [-0.4, -0.2) is 31.6 Å². The Morgan fingerprint density at radius 1 is 1.21 bits per heavy atom. The summed E-state index contributed by atoms with van der Waals surface area (Å²) >= 11 is 7.63. The molecule has 1 heterocycles. The SMILES string of the molecule is CCOC(=O)c1c(NC(=O)CNCCC(C)C)sc(Cl)c1-c1ccc(C)cc1. The number of rotatable bonds is 9. The fourth-order valence-electron chi connectivity index (χ4n) is 2.63. The number of halogens is 1. The van der Waals surface area contributed by atoms with Crippen molar-refractivity contribution in [2.75, 3.05) is 25.0 Å². The maximum atomic E-state index is 12.6. The highest BCUT2D eigenvalue weighted by Crippen LogP contribution is 2.44.